The number of rotatable bonds is 7. The van der Waals surface area contributed by atoms with E-state index in [4.69, 9.17) is 0 Å². The van der Waals surface area contributed by atoms with Crippen LogP contribution in [0, 0.1) is 11.8 Å². The quantitative estimate of drug-likeness (QED) is 0.623. The second-order valence-corrected chi connectivity index (χ2v) is 9.91. The first kappa shape index (κ1) is 23.1. The summed E-state index contributed by atoms with van der Waals surface area (Å²) in [5.41, 5.74) is -0.0847. The summed E-state index contributed by atoms with van der Waals surface area (Å²) in [6.07, 6.45) is 8.37. The van der Waals surface area contributed by atoms with Gasteiger partial charge in [-0.3, -0.25) is 19.0 Å². The van der Waals surface area contributed by atoms with Crippen LogP contribution in [0.15, 0.2) is 17.1 Å². The summed E-state index contributed by atoms with van der Waals surface area (Å²) in [4.78, 5) is 40.5. The van der Waals surface area contributed by atoms with E-state index in [1.165, 1.54) is 16.8 Å². The summed E-state index contributed by atoms with van der Waals surface area (Å²) in [5, 5.41) is 17.9. The summed E-state index contributed by atoms with van der Waals surface area (Å²) < 4.78 is 2.68. The van der Waals surface area contributed by atoms with Crippen LogP contribution < -0.4 is 10.9 Å². The van der Waals surface area contributed by atoms with Crippen molar-refractivity contribution < 1.29 is 14.7 Å². The van der Waals surface area contributed by atoms with E-state index in [0.717, 1.165) is 36.7 Å². The van der Waals surface area contributed by atoms with E-state index in [9.17, 15) is 19.5 Å². The molecule has 0 aromatic carbocycles. The molecule has 9 heteroatoms. The molecular weight excluding hydrogens is 422 g/mol. The first-order valence-corrected chi connectivity index (χ1v) is 11.8. The Morgan fingerprint density at radius 1 is 1.24 bits per heavy atom. The van der Waals surface area contributed by atoms with E-state index in [1.54, 1.807) is 6.08 Å². The largest absolute Gasteiger partial charge is 0.494 e. The van der Waals surface area contributed by atoms with Gasteiger partial charge < -0.3 is 15.3 Å². The number of likely N-dealkylation sites (tertiary alicyclic amines) is 1. The first-order chi connectivity index (χ1) is 15.7. The standard InChI is InChI=1S/C24H33N5O4/c1-14(2)13-28-22-16(7-10-19(30)27-11-5-6-18(27)15(3)4)12-25-29(22)24(33)20(23(28)32)21(31)26-17-8-9-17/h7,10,12,14-15,17-18,32H,5-6,8-9,11,13H2,1-4H3,(H,26,31). The van der Waals surface area contributed by atoms with Gasteiger partial charge in [-0.1, -0.05) is 27.7 Å². The second kappa shape index (κ2) is 9.03. The Morgan fingerprint density at radius 3 is 2.61 bits per heavy atom. The molecule has 0 spiro atoms. The van der Waals surface area contributed by atoms with Gasteiger partial charge in [-0.15, -0.1) is 0 Å². The van der Waals surface area contributed by atoms with Crippen molar-refractivity contribution in [1.82, 2.24) is 24.4 Å². The Kier molecular flexibility index (Phi) is 6.32. The number of nitrogens with zero attached hydrogens (tertiary/aromatic N) is 4. The highest BCUT2D eigenvalue weighted by atomic mass is 16.3. The minimum absolute atomic E-state index is 0.0490. The van der Waals surface area contributed by atoms with Gasteiger partial charge in [0.25, 0.3) is 11.5 Å². The van der Waals surface area contributed by atoms with E-state index in [1.807, 2.05) is 18.7 Å². The number of amides is 2. The molecular formula is C24H33N5O4. The van der Waals surface area contributed by atoms with Crippen molar-refractivity contribution in [3.8, 4) is 5.88 Å². The number of aromatic nitrogens is 3. The van der Waals surface area contributed by atoms with Crippen molar-refractivity contribution in [2.24, 2.45) is 11.8 Å². The van der Waals surface area contributed by atoms with Gasteiger partial charge in [0.2, 0.25) is 11.8 Å². The van der Waals surface area contributed by atoms with Crippen LogP contribution in [0.5, 0.6) is 5.88 Å². The smallest absolute Gasteiger partial charge is 0.291 e. The number of hydrogen-bond donors (Lipinski definition) is 2. The van der Waals surface area contributed by atoms with Crippen LogP contribution in [-0.2, 0) is 11.3 Å². The average molecular weight is 456 g/mol. The van der Waals surface area contributed by atoms with Crippen LogP contribution in [0.25, 0.3) is 11.7 Å². The molecule has 2 aliphatic rings. The maximum absolute atomic E-state index is 13.1. The van der Waals surface area contributed by atoms with Crippen molar-refractivity contribution in [3.63, 3.8) is 0 Å². The summed E-state index contributed by atoms with van der Waals surface area (Å²) in [6.45, 7) is 9.31. The average Bonchev–Trinajstić information content (AvgIpc) is 3.25. The van der Waals surface area contributed by atoms with Gasteiger partial charge in [-0.25, -0.2) is 0 Å². The van der Waals surface area contributed by atoms with E-state index >= 15 is 0 Å². The fraction of sp³-hybridized carbons (Fsp3) is 0.583. The number of hydrogen-bond acceptors (Lipinski definition) is 5. The topological polar surface area (TPSA) is 109 Å². The monoisotopic (exact) mass is 455 g/mol. The molecule has 9 nitrogen and oxygen atoms in total. The molecule has 2 aromatic heterocycles. The number of aromatic hydroxyl groups is 1. The fourth-order valence-electron chi connectivity index (χ4n) is 4.57. The normalized spacial score (nSPS) is 18.8. The van der Waals surface area contributed by atoms with Gasteiger partial charge in [-0.05, 0) is 43.6 Å². The minimum Gasteiger partial charge on any atom is -0.494 e. The third-order valence-electron chi connectivity index (χ3n) is 6.36. The number of fused-ring (bicyclic) bond motifs is 1. The van der Waals surface area contributed by atoms with Gasteiger partial charge in [0, 0.05) is 36.8 Å². The second-order valence-electron chi connectivity index (χ2n) is 9.91. The van der Waals surface area contributed by atoms with E-state index in [0.29, 0.717) is 23.7 Å². The SMILES string of the molecule is CC(C)Cn1c(O)c(C(=O)NC2CC2)c(=O)n2ncc(C=CC(=O)N3CCCC3C(C)C)c12. The summed E-state index contributed by atoms with van der Waals surface area (Å²) in [7, 11) is 0. The molecule has 3 heterocycles. The van der Waals surface area contributed by atoms with Crippen LogP contribution in [-0.4, -0.2) is 54.6 Å². The van der Waals surface area contributed by atoms with Crippen molar-refractivity contribution in [2.45, 2.75) is 72.0 Å². The van der Waals surface area contributed by atoms with Gasteiger partial charge in [0.05, 0.1) is 6.20 Å². The van der Waals surface area contributed by atoms with Gasteiger partial charge in [0.15, 0.2) is 5.56 Å². The number of carbonyl (C=O) groups excluding carboxylic acids is 2. The molecule has 1 atom stereocenters. The highest BCUT2D eigenvalue weighted by molar-refractivity contribution is 5.97. The van der Waals surface area contributed by atoms with Crippen molar-refractivity contribution in [3.05, 3.63) is 33.8 Å². The molecule has 1 aliphatic carbocycles. The van der Waals surface area contributed by atoms with Crippen molar-refractivity contribution in [2.75, 3.05) is 6.54 Å². The van der Waals surface area contributed by atoms with E-state index < -0.39 is 11.5 Å². The number of carbonyl (C=O) groups is 2. The summed E-state index contributed by atoms with van der Waals surface area (Å²) >= 11 is 0. The Balaban J connectivity index is 1.74. The third kappa shape index (κ3) is 4.54. The highest BCUT2D eigenvalue weighted by Crippen LogP contribution is 2.26. The zero-order chi connectivity index (χ0) is 23.9. The molecule has 178 valence electrons. The zero-order valence-corrected chi connectivity index (χ0v) is 19.7. The van der Waals surface area contributed by atoms with Gasteiger partial charge in [0.1, 0.15) is 5.65 Å². The van der Waals surface area contributed by atoms with Crippen LogP contribution in [0.1, 0.15) is 69.3 Å². The summed E-state index contributed by atoms with van der Waals surface area (Å²) in [5.74, 6) is -0.523. The predicted octanol–water partition coefficient (Wildman–Crippen LogP) is 2.41. The Morgan fingerprint density at radius 2 is 1.97 bits per heavy atom. The predicted molar refractivity (Wildman–Crippen MR) is 125 cm³/mol. The molecule has 1 saturated carbocycles. The molecule has 1 saturated heterocycles. The van der Waals surface area contributed by atoms with Crippen LogP contribution in [0.3, 0.4) is 0 Å². The molecule has 33 heavy (non-hydrogen) atoms. The Bertz CT molecular complexity index is 1160. The van der Waals surface area contributed by atoms with Crippen LogP contribution >= 0.6 is 0 Å². The molecule has 2 aromatic rings. The molecule has 2 fully saturated rings. The fourth-order valence-corrected chi connectivity index (χ4v) is 4.57. The van der Waals surface area contributed by atoms with E-state index in [-0.39, 0.29) is 35.4 Å². The maximum atomic E-state index is 13.1. The number of nitrogens with one attached hydrogen (secondary N) is 1. The lowest BCUT2D eigenvalue weighted by Crippen LogP contribution is -2.37. The van der Waals surface area contributed by atoms with Gasteiger partial charge >= 0.3 is 0 Å². The van der Waals surface area contributed by atoms with Crippen molar-refractivity contribution in [1.29, 1.82) is 0 Å². The minimum atomic E-state index is -0.675. The van der Waals surface area contributed by atoms with Gasteiger partial charge in [-0.2, -0.15) is 9.61 Å². The molecule has 2 N–H and O–H groups in total. The molecule has 2 amide bonds. The zero-order valence-electron chi connectivity index (χ0n) is 19.7. The lowest BCUT2D eigenvalue weighted by atomic mass is 10.0. The van der Waals surface area contributed by atoms with Crippen molar-refractivity contribution >= 4 is 23.5 Å². The molecule has 0 radical (unpaired) electrons. The maximum Gasteiger partial charge on any atom is 0.291 e. The lowest BCUT2D eigenvalue weighted by Gasteiger charge is -2.26. The highest BCUT2D eigenvalue weighted by Gasteiger charge is 2.31. The summed E-state index contributed by atoms with van der Waals surface area (Å²) in [6, 6.07) is 0.273. The third-order valence-corrected chi connectivity index (χ3v) is 6.36. The van der Waals surface area contributed by atoms with Crippen LogP contribution in [0.2, 0.25) is 0 Å². The Labute approximate surface area is 193 Å². The Hall–Kier alpha value is -3.10. The van der Waals surface area contributed by atoms with Crippen LogP contribution in [0.4, 0.5) is 0 Å². The molecule has 4 rings (SSSR count). The van der Waals surface area contributed by atoms with E-state index in [2.05, 4.69) is 24.3 Å². The lowest BCUT2D eigenvalue weighted by molar-refractivity contribution is -0.127. The molecule has 1 aliphatic heterocycles. The molecule has 0 bridgehead atoms. The first-order valence-electron chi connectivity index (χ1n) is 11.8. The molecule has 1 unspecified atom stereocenters.